The number of rotatable bonds is 7. The molecule has 0 bridgehead atoms. The Morgan fingerprint density at radius 2 is 1.73 bits per heavy atom. The van der Waals surface area contributed by atoms with Gasteiger partial charge >= 0.3 is 0 Å². The number of nitrogens with zero attached hydrogens (tertiary/aromatic N) is 2. The molecule has 0 atom stereocenters. The second-order valence-electron chi connectivity index (χ2n) is 7.43. The van der Waals surface area contributed by atoms with E-state index in [9.17, 15) is 0 Å². The fourth-order valence-electron chi connectivity index (χ4n) is 2.67. The third-order valence-corrected chi connectivity index (χ3v) is 2.98. The minimum atomic E-state index is -0.142. The number of aryl methyl sites for hydroxylation is 1. The van der Waals surface area contributed by atoms with Crippen molar-refractivity contribution >= 4 is 11.5 Å². The van der Waals surface area contributed by atoms with Crippen LogP contribution in [0, 0.1) is 12.3 Å². The Balaban J connectivity index is 2.94. The van der Waals surface area contributed by atoms with Crippen molar-refractivity contribution in [2.75, 3.05) is 31.4 Å². The van der Waals surface area contributed by atoms with Gasteiger partial charge in [0.2, 0.25) is 5.88 Å². The minimum absolute atomic E-state index is 0.142. The highest BCUT2D eigenvalue weighted by Crippen LogP contribution is 2.33. The highest BCUT2D eigenvalue weighted by molar-refractivity contribution is 5.67. The number of nitrogens with two attached hydrogens (primary N) is 1. The van der Waals surface area contributed by atoms with Gasteiger partial charge in [0.1, 0.15) is 18.1 Å². The Bertz CT molecular complexity index is 496. The van der Waals surface area contributed by atoms with Gasteiger partial charge in [-0.1, -0.05) is 20.8 Å². The highest BCUT2D eigenvalue weighted by Gasteiger charge is 2.27. The van der Waals surface area contributed by atoms with Gasteiger partial charge in [0, 0.05) is 12.6 Å². The van der Waals surface area contributed by atoms with Crippen molar-refractivity contribution in [1.29, 1.82) is 0 Å². The number of hydrogen-bond acceptors (Lipinski definition) is 6. The number of nitrogen functional groups attached to an aromatic ring is 1. The molecule has 0 unspecified atom stereocenters. The van der Waals surface area contributed by atoms with Crippen LogP contribution in [-0.4, -0.2) is 35.8 Å². The van der Waals surface area contributed by atoms with Crippen molar-refractivity contribution < 1.29 is 9.47 Å². The Morgan fingerprint density at radius 3 is 2.27 bits per heavy atom. The lowest BCUT2D eigenvalue weighted by Gasteiger charge is -2.34. The van der Waals surface area contributed by atoms with Crippen molar-refractivity contribution in [1.82, 2.24) is 9.97 Å². The lowest BCUT2D eigenvalue weighted by atomic mass is 9.82. The first-order chi connectivity index (χ1) is 10.0. The number of nitrogens with one attached hydrogen (secondary N) is 1. The van der Waals surface area contributed by atoms with Crippen LogP contribution >= 0.6 is 0 Å². The van der Waals surface area contributed by atoms with E-state index in [1.54, 1.807) is 7.11 Å². The molecule has 0 saturated carbocycles. The first-order valence-corrected chi connectivity index (χ1v) is 7.58. The lowest BCUT2D eigenvalue weighted by molar-refractivity contribution is 0.144. The van der Waals surface area contributed by atoms with Crippen molar-refractivity contribution in [3.05, 3.63) is 5.82 Å². The smallest absolute Gasteiger partial charge is 0.242 e. The zero-order valence-corrected chi connectivity index (χ0v) is 14.9. The fourth-order valence-corrected chi connectivity index (χ4v) is 2.67. The van der Waals surface area contributed by atoms with Gasteiger partial charge in [-0.05, 0) is 32.6 Å². The second kappa shape index (κ2) is 7.13. The number of ether oxygens (including phenoxy) is 2. The van der Waals surface area contributed by atoms with Gasteiger partial charge in [0.25, 0.3) is 0 Å². The normalized spacial score (nSPS) is 12.3. The summed E-state index contributed by atoms with van der Waals surface area (Å²) in [4.78, 5) is 8.67. The van der Waals surface area contributed by atoms with Crippen LogP contribution < -0.4 is 15.8 Å². The Labute approximate surface area is 133 Å². The highest BCUT2D eigenvalue weighted by atomic mass is 16.5. The van der Waals surface area contributed by atoms with E-state index in [1.165, 1.54) is 0 Å². The predicted molar refractivity (Wildman–Crippen MR) is 90.3 cm³/mol. The van der Waals surface area contributed by atoms with E-state index in [4.69, 9.17) is 15.2 Å². The zero-order valence-electron chi connectivity index (χ0n) is 14.9. The van der Waals surface area contributed by atoms with Crippen LogP contribution in [-0.2, 0) is 4.74 Å². The van der Waals surface area contributed by atoms with Gasteiger partial charge in [-0.25, -0.2) is 4.98 Å². The number of aromatic nitrogens is 2. The maximum absolute atomic E-state index is 6.15. The van der Waals surface area contributed by atoms with Crippen molar-refractivity contribution in [3.8, 4) is 5.88 Å². The molecule has 3 N–H and O–H groups in total. The number of methoxy groups -OCH3 is 1. The quantitative estimate of drug-likeness (QED) is 0.753. The molecule has 6 heteroatoms. The van der Waals surface area contributed by atoms with E-state index < -0.39 is 0 Å². The molecule has 1 aromatic heterocycles. The van der Waals surface area contributed by atoms with Crippen molar-refractivity contribution in [2.24, 2.45) is 5.41 Å². The van der Waals surface area contributed by atoms with Crippen LogP contribution in [0.15, 0.2) is 0 Å². The molecule has 0 radical (unpaired) electrons. The molecule has 1 heterocycles. The fraction of sp³-hybridized carbons (Fsp3) is 0.750. The average Bonchev–Trinajstić information content (AvgIpc) is 2.31. The molecule has 6 nitrogen and oxygen atoms in total. The Hall–Kier alpha value is -1.56. The van der Waals surface area contributed by atoms with Crippen LogP contribution in [0.2, 0.25) is 0 Å². The van der Waals surface area contributed by atoms with E-state index >= 15 is 0 Å². The maximum Gasteiger partial charge on any atom is 0.242 e. The monoisotopic (exact) mass is 310 g/mol. The van der Waals surface area contributed by atoms with Crippen molar-refractivity contribution in [3.63, 3.8) is 0 Å². The summed E-state index contributed by atoms with van der Waals surface area (Å²) in [5.74, 6) is 1.64. The van der Waals surface area contributed by atoms with Gasteiger partial charge < -0.3 is 20.5 Å². The molecule has 0 aliphatic carbocycles. The number of hydrogen-bond donors (Lipinski definition) is 2. The predicted octanol–water partition coefficient (Wildman–Crippen LogP) is 3.02. The van der Waals surface area contributed by atoms with E-state index in [-0.39, 0.29) is 11.0 Å². The Morgan fingerprint density at radius 1 is 1.09 bits per heavy atom. The van der Waals surface area contributed by atoms with Gasteiger partial charge in [-0.15, -0.1) is 0 Å². The molecule has 0 aliphatic rings. The summed E-state index contributed by atoms with van der Waals surface area (Å²) in [6.07, 6.45) is 0.975. The SMILES string of the molecule is COCCOc1nc(C)nc(NC(C)(C)CC(C)(C)C)c1N. The van der Waals surface area contributed by atoms with Gasteiger partial charge in [-0.3, -0.25) is 0 Å². The molecule has 0 aliphatic heterocycles. The third kappa shape index (κ3) is 6.05. The molecular weight excluding hydrogens is 280 g/mol. The van der Waals surface area contributed by atoms with Crippen LogP contribution in [0.5, 0.6) is 5.88 Å². The summed E-state index contributed by atoms with van der Waals surface area (Å²) in [7, 11) is 1.62. The molecule has 1 aromatic rings. The third-order valence-electron chi connectivity index (χ3n) is 2.98. The molecule has 0 aromatic carbocycles. The summed E-state index contributed by atoms with van der Waals surface area (Å²) < 4.78 is 10.5. The van der Waals surface area contributed by atoms with E-state index in [0.717, 1.165) is 6.42 Å². The molecule has 0 saturated heterocycles. The van der Waals surface area contributed by atoms with E-state index in [1.807, 2.05) is 6.92 Å². The van der Waals surface area contributed by atoms with Crippen molar-refractivity contribution in [2.45, 2.75) is 53.5 Å². The first-order valence-electron chi connectivity index (χ1n) is 7.58. The maximum atomic E-state index is 6.15. The lowest BCUT2D eigenvalue weighted by Crippen LogP contribution is -2.36. The van der Waals surface area contributed by atoms with Crippen LogP contribution in [0.3, 0.4) is 0 Å². The van der Waals surface area contributed by atoms with Crippen LogP contribution in [0.4, 0.5) is 11.5 Å². The van der Waals surface area contributed by atoms with E-state index in [0.29, 0.717) is 36.4 Å². The molecular formula is C16H30N4O2. The van der Waals surface area contributed by atoms with Crippen LogP contribution in [0.25, 0.3) is 0 Å². The molecule has 1 rings (SSSR count). The summed E-state index contributed by atoms with van der Waals surface area (Å²) in [5.41, 5.74) is 6.64. The average molecular weight is 310 g/mol. The first kappa shape index (κ1) is 18.5. The summed E-state index contributed by atoms with van der Waals surface area (Å²) in [5, 5.41) is 3.43. The summed E-state index contributed by atoms with van der Waals surface area (Å²) in [6.45, 7) is 13.6. The molecule has 126 valence electrons. The molecule has 0 fully saturated rings. The summed E-state index contributed by atoms with van der Waals surface area (Å²) in [6, 6.07) is 0. The number of anilines is 2. The minimum Gasteiger partial charge on any atom is -0.474 e. The van der Waals surface area contributed by atoms with Crippen LogP contribution in [0.1, 0.15) is 46.9 Å². The molecule has 0 spiro atoms. The largest absolute Gasteiger partial charge is 0.474 e. The topological polar surface area (TPSA) is 82.3 Å². The zero-order chi connectivity index (χ0) is 17.0. The van der Waals surface area contributed by atoms with Gasteiger partial charge in [-0.2, -0.15) is 4.98 Å². The Kier molecular flexibility index (Phi) is 6.00. The molecule has 22 heavy (non-hydrogen) atoms. The summed E-state index contributed by atoms with van der Waals surface area (Å²) >= 11 is 0. The standard InChI is InChI=1S/C16H30N4O2/c1-11-18-13(20-16(5,6)10-15(2,3)4)12(17)14(19-11)22-9-8-21-7/h8-10,17H2,1-7H3,(H,18,19,20). The molecule has 0 amide bonds. The van der Waals surface area contributed by atoms with E-state index in [2.05, 4.69) is 49.9 Å². The van der Waals surface area contributed by atoms with Gasteiger partial charge in [0.05, 0.1) is 6.61 Å². The van der Waals surface area contributed by atoms with Gasteiger partial charge in [0.15, 0.2) is 5.82 Å². The second-order valence-corrected chi connectivity index (χ2v) is 7.43.